The van der Waals surface area contributed by atoms with Crippen LogP contribution < -0.4 is 14.8 Å². The van der Waals surface area contributed by atoms with Crippen LogP contribution >= 0.6 is 0 Å². The molecular weight excluding hydrogens is 320 g/mol. The highest BCUT2D eigenvalue weighted by Gasteiger charge is 2.25. The molecule has 1 saturated carbocycles. The van der Waals surface area contributed by atoms with E-state index in [9.17, 15) is 9.59 Å². The Bertz CT molecular complexity index is 653. The van der Waals surface area contributed by atoms with Crippen molar-refractivity contribution >= 4 is 11.8 Å². The fourth-order valence-electron chi connectivity index (χ4n) is 3.69. The van der Waals surface area contributed by atoms with E-state index in [4.69, 9.17) is 9.47 Å². The molecule has 6 heteroatoms. The molecule has 1 aromatic carbocycles. The van der Waals surface area contributed by atoms with Crippen molar-refractivity contribution in [3.63, 3.8) is 0 Å². The summed E-state index contributed by atoms with van der Waals surface area (Å²) >= 11 is 0. The minimum absolute atomic E-state index is 0.0703. The van der Waals surface area contributed by atoms with Crippen molar-refractivity contribution < 1.29 is 19.1 Å². The summed E-state index contributed by atoms with van der Waals surface area (Å²) < 4.78 is 10.7. The average Bonchev–Trinajstić information content (AvgIpc) is 3.12. The number of nitrogens with one attached hydrogen (secondary N) is 1. The summed E-state index contributed by atoms with van der Waals surface area (Å²) in [4.78, 5) is 26.3. The van der Waals surface area contributed by atoms with Crippen LogP contribution in [0.2, 0.25) is 0 Å². The molecule has 0 saturated heterocycles. The number of benzene rings is 1. The summed E-state index contributed by atoms with van der Waals surface area (Å²) in [5, 5.41) is 2.98. The van der Waals surface area contributed by atoms with Gasteiger partial charge in [-0.05, 0) is 42.5 Å². The molecule has 2 aliphatic rings. The molecule has 0 spiro atoms. The normalized spacial score (nSPS) is 17.1. The maximum Gasteiger partial charge on any atom is 0.232 e. The van der Waals surface area contributed by atoms with Crippen molar-refractivity contribution in [2.45, 2.75) is 51.1 Å². The lowest BCUT2D eigenvalue weighted by atomic mass is 9.98. The van der Waals surface area contributed by atoms with Gasteiger partial charge >= 0.3 is 0 Å². The van der Waals surface area contributed by atoms with Gasteiger partial charge in [0.25, 0.3) is 0 Å². The van der Waals surface area contributed by atoms with E-state index in [1.807, 2.05) is 12.1 Å². The molecule has 136 valence electrons. The van der Waals surface area contributed by atoms with Crippen molar-refractivity contribution in [3.8, 4) is 11.5 Å². The number of rotatable bonds is 5. The molecule has 1 aliphatic carbocycles. The van der Waals surface area contributed by atoms with E-state index in [0.29, 0.717) is 24.6 Å². The van der Waals surface area contributed by atoms with E-state index in [1.54, 1.807) is 19.1 Å². The second-order valence-corrected chi connectivity index (χ2v) is 6.77. The van der Waals surface area contributed by atoms with Crippen molar-refractivity contribution in [2.24, 2.45) is 0 Å². The lowest BCUT2D eigenvalue weighted by Gasteiger charge is -2.29. The molecule has 2 amide bonds. The summed E-state index contributed by atoms with van der Waals surface area (Å²) in [5.41, 5.74) is 2.21. The summed E-state index contributed by atoms with van der Waals surface area (Å²) in [5.74, 6) is 1.09. The summed E-state index contributed by atoms with van der Waals surface area (Å²) in [6.07, 6.45) is 5.06. The second-order valence-electron chi connectivity index (χ2n) is 6.77. The number of hydrogen-bond acceptors (Lipinski definition) is 4. The molecule has 0 bridgehead atoms. The van der Waals surface area contributed by atoms with Gasteiger partial charge in [0.05, 0.1) is 14.2 Å². The molecule has 0 aromatic heterocycles. The van der Waals surface area contributed by atoms with Crippen LogP contribution in [0.5, 0.6) is 11.5 Å². The highest BCUT2D eigenvalue weighted by Crippen LogP contribution is 2.33. The zero-order valence-corrected chi connectivity index (χ0v) is 15.0. The van der Waals surface area contributed by atoms with Crippen LogP contribution in [-0.2, 0) is 22.6 Å². The van der Waals surface area contributed by atoms with E-state index in [0.717, 1.165) is 43.2 Å². The number of amides is 2. The molecule has 1 aliphatic heterocycles. The van der Waals surface area contributed by atoms with Crippen molar-refractivity contribution in [3.05, 3.63) is 23.3 Å². The van der Waals surface area contributed by atoms with Crippen LogP contribution in [0.15, 0.2) is 12.1 Å². The Balaban J connectivity index is 1.61. The zero-order valence-electron chi connectivity index (χ0n) is 15.0. The number of nitrogens with zero attached hydrogens (tertiary/aromatic N) is 1. The van der Waals surface area contributed by atoms with Crippen LogP contribution in [-0.4, -0.2) is 43.5 Å². The highest BCUT2D eigenvalue weighted by atomic mass is 16.5. The minimum atomic E-state index is -0.157. The zero-order chi connectivity index (χ0) is 17.8. The highest BCUT2D eigenvalue weighted by molar-refractivity contribution is 5.97. The number of hydrogen-bond donors (Lipinski definition) is 1. The first-order valence-corrected chi connectivity index (χ1v) is 8.91. The average molecular weight is 346 g/mol. The first kappa shape index (κ1) is 17.6. The molecule has 6 nitrogen and oxygen atoms in total. The quantitative estimate of drug-likeness (QED) is 0.829. The van der Waals surface area contributed by atoms with Crippen LogP contribution in [0.3, 0.4) is 0 Å². The molecule has 0 unspecified atom stereocenters. The van der Waals surface area contributed by atoms with E-state index in [-0.39, 0.29) is 24.3 Å². The number of fused-ring (bicyclic) bond motifs is 1. The molecule has 1 N–H and O–H groups in total. The number of ether oxygens (including phenoxy) is 2. The standard InChI is InChI=1S/C19H26N2O4/c1-24-16-9-13-7-8-21(12-14(13)10-17(16)25-2)19(23)11-18(22)20-15-5-3-4-6-15/h9-10,15H,3-8,11-12H2,1-2H3,(H,20,22). The Morgan fingerprint density at radius 3 is 2.40 bits per heavy atom. The molecule has 1 heterocycles. The monoisotopic (exact) mass is 346 g/mol. The van der Waals surface area contributed by atoms with E-state index in [2.05, 4.69) is 5.32 Å². The number of carbonyl (C=O) groups is 2. The van der Waals surface area contributed by atoms with E-state index < -0.39 is 0 Å². The summed E-state index contributed by atoms with van der Waals surface area (Å²) in [6.45, 7) is 1.13. The Hall–Kier alpha value is -2.24. The fraction of sp³-hybridized carbons (Fsp3) is 0.579. The van der Waals surface area contributed by atoms with Crippen molar-refractivity contribution in [1.29, 1.82) is 0 Å². The van der Waals surface area contributed by atoms with Crippen molar-refractivity contribution in [1.82, 2.24) is 10.2 Å². The number of carbonyl (C=O) groups excluding carboxylic acids is 2. The van der Waals surface area contributed by atoms with Gasteiger partial charge in [0.1, 0.15) is 6.42 Å². The van der Waals surface area contributed by atoms with Crippen LogP contribution in [0.4, 0.5) is 0 Å². The topological polar surface area (TPSA) is 67.9 Å². The number of methoxy groups -OCH3 is 2. The first-order valence-electron chi connectivity index (χ1n) is 8.91. The Labute approximate surface area is 148 Å². The largest absolute Gasteiger partial charge is 0.493 e. The van der Waals surface area contributed by atoms with Gasteiger partial charge in [-0.15, -0.1) is 0 Å². The lowest BCUT2D eigenvalue weighted by Crippen LogP contribution is -2.40. The van der Waals surface area contributed by atoms with Gasteiger partial charge in [-0.1, -0.05) is 12.8 Å². The van der Waals surface area contributed by atoms with Gasteiger partial charge in [-0.2, -0.15) is 0 Å². The summed E-state index contributed by atoms with van der Waals surface area (Å²) in [7, 11) is 3.22. The van der Waals surface area contributed by atoms with Crippen molar-refractivity contribution in [2.75, 3.05) is 20.8 Å². The minimum Gasteiger partial charge on any atom is -0.493 e. The van der Waals surface area contributed by atoms with Gasteiger partial charge in [-0.25, -0.2) is 0 Å². The smallest absolute Gasteiger partial charge is 0.232 e. The predicted octanol–water partition coefficient (Wildman–Crippen LogP) is 2.04. The maximum atomic E-state index is 12.5. The molecule has 3 rings (SSSR count). The third-order valence-corrected chi connectivity index (χ3v) is 5.10. The van der Waals surface area contributed by atoms with E-state index >= 15 is 0 Å². The molecule has 25 heavy (non-hydrogen) atoms. The molecule has 0 atom stereocenters. The SMILES string of the molecule is COc1cc2c(cc1OC)CN(C(=O)CC(=O)NC1CCCC1)CC2. The van der Waals surface area contributed by atoms with Gasteiger partial charge in [0.2, 0.25) is 11.8 Å². The Morgan fingerprint density at radius 1 is 1.12 bits per heavy atom. The van der Waals surface area contributed by atoms with Gasteiger partial charge in [0, 0.05) is 19.1 Å². The van der Waals surface area contributed by atoms with Gasteiger partial charge in [0.15, 0.2) is 11.5 Å². The Kier molecular flexibility index (Phi) is 5.46. The van der Waals surface area contributed by atoms with Crippen LogP contribution in [0, 0.1) is 0 Å². The third kappa shape index (κ3) is 4.06. The van der Waals surface area contributed by atoms with Crippen LogP contribution in [0.25, 0.3) is 0 Å². The van der Waals surface area contributed by atoms with Crippen LogP contribution in [0.1, 0.15) is 43.2 Å². The van der Waals surface area contributed by atoms with Gasteiger partial charge < -0.3 is 19.7 Å². The molecular formula is C19H26N2O4. The van der Waals surface area contributed by atoms with E-state index in [1.165, 1.54) is 0 Å². The first-order chi connectivity index (χ1) is 12.1. The summed E-state index contributed by atoms with van der Waals surface area (Å²) in [6, 6.07) is 4.15. The maximum absolute atomic E-state index is 12.5. The van der Waals surface area contributed by atoms with Gasteiger partial charge in [-0.3, -0.25) is 9.59 Å². The molecule has 0 radical (unpaired) electrons. The second kappa shape index (κ2) is 7.76. The fourth-order valence-corrected chi connectivity index (χ4v) is 3.69. The predicted molar refractivity (Wildman–Crippen MR) is 93.7 cm³/mol. The molecule has 1 aromatic rings. The Morgan fingerprint density at radius 2 is 1.76 bits per heavy atom. The molecule has 1 fully saturated rings. The third-order valence-electron chi connectivity index (χ3n) is 5.10. The lowest BCUT2D eigenvalue weighted by molar-refractivity contribution is -0.137.